The number of fused-ring (bicyclic) bond motifs is 2. The fraction of sp³-hybridized carbons (Fsp3) is 0.289. The number of pyridine rings is 1. The molecule has 1 saturated heterocycles. The molecule has 6 aromatic rings. The van der Waals surface area contributed by atoms with Crippen LogP contribution < -0.4 is 14.9 Å². The van der Waals surface area contributed by atoms with Gasteiger partial charge in [0.15, 0.2) is 5.13 Å². The van der Waals surface area contributed by atoms with Crippen LogP contribution in [0.5, 0.6) is 0 Å². The van der Waals surface area contributed by atoms with Gasteiger partial charge in [0.1, 0.15) is 17.3 Å². The number of nitrogens with one attached hydrogen (secondary N) is 2. The first-order valence-electron chi connectivity index (χ1n) is 20.7. The van der Waals surface area contributed by atoms with Crippen LogP contribution in [-0.2, 0) is 44.0 Å². The van der Waals surface area contributed by atoms with Crippen LogP contribution in [-0.4, -0.2) is 93.4 Å². The van der Waals surface area contributed by atoms with Crippen LogP contribution >= 0.6 is 34.7 Å². The lowest BCUT2D eigenvalue weighted by molar-refractivity contribution is 0.0357. The summed E-state index contributed by atoms with van der Waals surface area (Å²) in [4.78, 5) is 39.2. The van der Waals surface area contributed by atoms with Gasteiger partial charge in [-0.15, -0.1) is 11.8 Å². The molecular formula is C45H42ClF3N6O7S4. The van der Waals surface area contributed by atoms with E-state index in [1.54, 1.807) is 18.2 Å². The molecule has 0 unspecified atom stereocenters. The van der Waals surface area contributed by atoms with Crippen molar-refractivity contribution in [2.45, 2.75) is 45.2 Å². The Labute approximate surface area is 392 Å². The van der Waals surface area contributed by atoms with Gasteiger partial charge in [-0.1, -0.05) is 53.8 Å². The molecule has 2 amide bonds. The molecule has 1 fully saturated rings. The summed E-state index contributed by atoms with van der Waals surface area (Å²) in [5.41, 5.74) is 2.17. The van der Waals surface area contributed by atoms with E-state index in [0.29, 0.717) is 96.3 Å². The van der Waals surface area contributed by atoms with E-state index in [2.05, 4.69) is 20.2 Å². The number of aromatic nitrogens is 2. The third-order valence-electron chi connectivity index (χ3n) is 11.2. The van der Waals surface area contributed by atoms with Gasteiger partial charge in [-0.25, -0.2) is 35.9 Å². The summed E-state index contributed by atoms with van der Waals surface area (Å²) in [6, 6.07) is 26.3. The number of halogens is 4. The lowest BCUT2D eigenvalue weighted by Crippen LogP contribution is -2.37. The number of carbonyl (C=O) groups excluding carboxylic acids is 2. The van der Waals surface area contributed by atoms with Gasteiger partial charge in [-0.2, -0.15) is 8.78 Å². The second kappa shape index (κ2) is 20.0. The van der Waals surface area contributed by atoms with E-state index in [1.807, 2.05) is 46.0 Å². The molecule has 4 aromatic carbocycles. The van der Waals surface area contributed by atoms with Gasteiger partial charge in [0, 0.05) is 42.4 Å². The first-order valence-corrected chi connectivity index (χ1v) is 25.9. The second-order valence-electron chi connectivity index (χ2n) is 15.7. The minimum absolute atomic E-state index is 0.00765. The Balaban J connectivity index is 0.998. The summed E-state index contributed by atoms with van der Waals surface area (Å²) >= 11 is 7.84. The Morgan fingerprint density at radius 1 is 0.894 bits per heavy atom. The van der Waals surface area contributed by atoms with Crippen LogP contribution in [0.1, 0.15) is 44.0 Å². The third kappa shape index (κ3) is 11.0. The molecule has 0 radical (unpaired) electrons. The number of alkyl halides is 3. The van der Waals surface area contributed by atoms with Crippen molar-refractivity contribution in [1.82, 2.24) is 19.6 Å². The molecule has 66 heavy (non-hydrogen) atoms. The minimum atomic E-state index is -5.63. The summed E-state index contributed by atoms with van der Waals surface area (Å²) in [6.45, 7) is 3.84. The molecule has 2 aliphatic rings. The van der Waals surface area contributed by atoms with Gasteiger partial charge >= 0.3 is 4.71 Å². The monoisotopic (exact) mass is 998 g/mol. The molecule has 1 atom stereocenters. The first kappa shape index (κ1) is 47.4. The standard InChI is InChI=1S/C45H42ClF3N6O7S4/c46-45(48,49)65(58,59)40-26-34(14-12-31(40)24-29(16-18-54-20-22-62-23-21-54)28-63-33-7-2-1-3-8-33)66(60,61)53-43(57)38-10-5-11-41(50-38)55-19-17-30-6-4-9-35(36(30)27-55)42(56)52-44-51-37-15-13-32(47)25-39(37)64-44/h1-15,25-26,29H,16-24,27-28H2,(H,53,57)(H,51,52,56)/t29-/m0/s1. The van der Waals surface area contributed by atoms with E-state index in [-0.39, 0.29) is 30.1 Å². The minimum Gasteiger partial charge on any atom is -0.379 e. The molecular weight excluding hydrogens is 957 g/mol. The second-order valence-corrected chi connectivity index (χ2v) is 22.1. The van der Waals surface area contributed by atoms with Gasteiger partial charge in [0.25, 0.3) is 31.7 Å². The van der Waals surface area contributed by atoms with Gasteiger partial charge < -0.3 is 9.64 Å². The number of benzene rings is 4. The molecule has 0 aliphatic carbocycles. The average Bonchev–Trinajstić information content (AvgIpc) is 3.70. The van der Waals surface area contributed by atoms with Gasteiger partial charge in [-0.3, -0.25) is 19.8 Å². The number of hydrogen-bond acceptors (Lipinski definition) is 13. The van der Waals surface area contributed by atoms with Gasteiger partial charge in [-0.05, 0) is 121 Å². The van der Waals surface area contributed by atoms with Gasteiger partial charge in [0.05, 0.1) is 33.2 Å². The van der Waals surface area contributed by atoms with E-state index < -0.39 is 52.0 Å². The molecule has 13 nitrogen and oxygen atoms in total. The number of ether oxygens (including phenoxy) is 1. The van der Waals surface area contributed by atoms with E-state index in [4.69, 9.17) is 16.3 Å². The largest absolute Gasteiger partial charge is 0.427 e. The Bertz CT molecular complexity index is 2990. The van der Waals surface area contributed by atoms with Crippen molar-refractivity contribution in [1.29, 1.82) is 0 Å². The van der Waals surface area contributed by atoms with Crippen LogP contribution in [0.2, 0.25) is 0 Å². The zero-order valence-electron chi connectivity index (χ0n) is 35.0. The number of morpholine rings is 1. The summed E-state index contributed by atoms with van der Waals surface area (Å²) in [7, 11) is -10.5. The topological polar surface area (TPSA) is 168 Å². The Morgan fingerprint density at radius 3 is 2.44 bits per heavy atom. The van der Waals surface area contributed by atoms with Crippen molar-refractivity contribution >= 4 is 87.5 Å². The number of carbonyl (C=O) groups is 2. The van der Waals surface area contributed by atoms with E-state index in [0.717, 1.165) is 27.9 Å². The first-order chi connectivity index (χ1) is 31.5. The van der Waals surface area contributed by atoms with Crippen LogP contribution in [0.15, 0.2) is 118 Å². The summed E-state index contributed by atoms with van der Waals surface area (Å²) in [5, 5.41) is 3.10. The number of rotatable bonds is 16. The number of thioether (sulfide) groups is 1. The number of hydrogen-bond donors (Lipinski definition) is 2. The smallest absolute Gasteiger partial charge is 0.379 e. The van der Waals surface area contributed by atoms with Crippen molar-refractivity contribution in [2.75, 3.05) is 55.4 Å². The Kier molecular flexibility index (Phi) is 14.4. The maximum Gasteiger partial charge on any atom is 0.427 e. The highest BCUT2D eigenvalue weighted by atomic mass is 35.5. The molecule has 2 aromatic heterocycles. The summed E-state index contributed by atoms with van der Waals surface area (Å²) < 4.78 is 101. The SMILES string of the molecule is O=C(NS(=O)(=O)c1ccc(C[C@H](CCN2CCOCC2)CSc2ccccc2)c(S(=O)(=O)C(F)(F)Cl)c1)c1cccc(N2CCc3cccc(C(=O)Nc4nc5ccc(F)cc5s4)c3C2)n1. The molecule has 0 spiro atoms. The molecule has 21 heteroatoms. The van der Waals surface area contributed by atoms with Crippen molar-refractivity contribution in [3.8, 4) is 0 Å². The predicted octanol–water partition coefficient (Wildman–Crippen LogP) is 8.00. The van der Waals surface area contributed by atoms with Crippen LogP contribution in [0.4, 0.5) is 24.1 Å². The highest BCUT2D eigenvalue weighted by molar-refractivity contribution is 7.99. The fourth-order valence-corrected chi connectivity index (χ4v) is 12.1. The number of sulfone groups is 1. The quantitative estimate of drug-likeness (QED) is 0.0710. The Morgan fingerprint density at radius 2 is 1.67 bits per heavy atom. The van der Waals surface area contributed by atoms with Crippen molar-refractivity contribution in [3.63, 3.8) is 0 Å². The van der Waals surface area contributed by atoms with E-state index in [1.165, 1.54) is 48.2 Å². The Hall–Kier alpha value is -5.09. The van der Waals surface area contributed by atoms with Crippen molar-refractivity contribution in [2.24, 2.45) is 5.92 Å². The lowest BCUT2D eigenvalue weighted by atomic mass is 9.94. The summed E-state index contributed by atoms with van der Waals surface area (Å²) in [6.07, 6.45) is 1.09. The van der Waals surface area contributed by atoms with E-state index >= 15 is 0 Å². The molecule has 346 valence electrons. The third-order valence-corrected chi connectivity index (χ3v) is 16.9. The van der Waals surface area contributed by atoms with Crippen LogP contribution in [0, 0.1) is 11.7 Å². The number of thiazole rings is 1. The normalized spacial score (nSPS) is 15.3. The maximum absolute atomic E-state index is 14.7. The summed E-state index contributed by atoms with van der Waals surface area (Å²) in [5.74, 6) is -1.44. The lowest BCUT2D eigenvalue weighted by Gasteiger charge is -2.31. The molecule has 2 aliphatic heterocycles. The molecule has 0 saturated carbocycles. The fourth-order valence-electron chi connectivity index (χ4n) is 7.79. The van der Waals surface area contributed by atoms with Crippen LogP contribution in [0.3, 0.4) is 0 Å². The van der Waals surface area contributed by atoms with Crippen molar-refractivity contribution < 1.29 is 44.3 Å². The number of amides is 2. The maximum atomic E-state index is 14.7. The van der Waals surface area contributed by atoms with E-state index in [9.17, 15) is 39.6 Å². The zero-order chi connectivity index (χ0) is 46.6. The zero-order valence-corrected chi connectivity index (χ0v) is 39.0. The predicted molar refractivity (Wildman–Crippen MR) is 248 cm³/mol. The average molecular weight is 1000 g/mol. The highest BCUT2D eigenvalue weighted by Crippen LogP contribution is 2.37. The molecule has 8 rings (SSSR count). The van der Waals surface area contributed by atoms with Crippen molar-refractivity contribution in [3.05, 3.63) is 137 Å². The molecule has 4 heterocycles. The molecule has 0 bridgehead atoms. The highest BCUT2D eigenvalue weighted by Gasteiger charge is 2.46. The van der Waals surface area contributed by atoms with Gasteiger partial charge in [0.2, 0.25) is 0 Å². The number of sulfonamides is 1. The molecule has 2 N–H and O–H groups in total. The number of nitrogens with zero attached hydrogens (tertiary/aromatic N) is 4. The van der Waals surface area contributed by atoms with Crippen LogP contribution in [0.25, 0.3) is 10.2 Å². The number of anilines is 2.